The van der Waals surface area contributed by atoms with Crippen LogP contribution in [0.4, 0.5) is 34.1 Å². The Labute approximate surface area is 421 Å². The van der Waals surface area contributed by atoms with E-state index in [9.17, 15) is 0 Å². The quantitative estimate of drug-likeness (QED) is 0.134. The molecule has 14 rings (SSSR count). The van der Waals surface area contributed by atoms with E-state index in [2.05, 4.69) is 277 Å². The third-order valence-corrected chi connectivity index (χ3v) is 15.3. The Hall–Kier alpha value is -9.22. The molecule has 2 heterocycles. The molecule has 0 amide bonds. The molecule has 2 aromatic heterocycles. The zero-order valence-corrected chi connectivity index (χ0v) is 39.9. The summed E-state index contributed by atoms with van der Waals surface area (Å²) in [7, 11) is 0. The zero-order chi connectivity index (χ0) is 47.5. The molecule has 72 heavy (non-hydrogen) atoms. The zero-order valence-electron chi connectivity index (χ0n) is 39.1. The van der Waals surface area contributed by atoms with E-state index in [1.54, 1.807) is 0 Å². The molecule has 0 spiro atoms. The number of nitrogens with zero attached hydrogens (tertiary/aromatic N) is 2. The van der Waals surface area contributed by atoms with E-state index >= 15 is 0 Å². The largest absolute Gasteiger partial charge is 0.455 e. The molecular formula is C68H44N2OS. The van der Waals surface area contributed by atoms with Crippen molar-refractivity contribution in [2.24, 2.45) is 0 Å². The highest BCUT2D eigenvalue weighted by Crippen LogP contribution is 2.51. The van der Waals surface area contributed by atoms with Gasteiger partial charge < -0.3 is 14.2 Å². The molecule has 0 N–H and O–H groups in total. The first-order valence-corrected chi connectivity index (χ1v) is 25.3. The Morgan fingerprint density at radius 3 is 1.51 bits per heavy atom. The summed E-state index contributed by atoms with van der Waals surface area (Å²) in [5, 5.41) is 9.26. The van der Waals surface area contributed by atoms with Gasteiger partial charge in [0.1, 0.15) is 11.2 Å². The van der Waals surface area contributed by atoms with Crippen LogP contribution >= 0.6 is 11.3 Å². The second-order valence-electron chi connectivity index (χ2n) is 18.4. The third-order valence-electron chi connectivity index (χ3n) is 14.2. The minimum absolute atomic E-state index is 0.860. The van der Waals surface area contributed by atoms with Crippen LogP contribution in [0.5, 0.6) is 0 Å². The van der Waals surface area contributed by atoms with Crippen molar-refractivity contribution >= 4 is 109 Å². The van der Waals surface area contributed by atoms with Gasteiger partial charge in [-0.1, -0.05) is 176 Å². The van der Waals surface area contributed by atoms with Gasteiger partial charge >= 0.3 is 0 Å². The van der Waals surface area contributed by atoms with Crippen molar-refractivity contribution in [3.8, 4) is 33.4 Å². The van der Waals surface area contributed by atoms with Crippen molar-refractivity contribution in [1.29, 1.82) is 0 Å². The molecule has 0 saturated carbocycles. The van der Waals surface area contributed by atoms with E-state index in [1.807, 2.05) is 11.3 Å². The molecule has 0 bridgehead atoms. The van der Waals surface area contributed by atoms with Crippen molar-refractivity contribution < 1.29 is 4.42 Å². The molecule has 14 aromatic rings. The van der Waals surface area contributed by atoms with Gasteiger partial charge in [-0.15, -0.1) is 11.3 Å². The Kier molecular flexibility index (Phi) is 10.0. The van der Waals surface area contributed by atoms with Gasteiger partial charge in [0.2, 0.25) is 0 Å². The van der Waals surface area contributed by atoms with Crippen LogP contribution in [-0.4, -0.2) is 0 Å². The Morgan fingerprint density at radius 1 is 0.278 bits per heavy atom. The maximum absolute atomic E-state index is 7.11. The molecule has 0 saturated heterocycles. The molecule has 0 aliphatic heterocycles. The summed E-state index contributed by atoms with van der Waals surface area (Å²) in [6, 6.07) is 96.8. The number of hydrogen-bond acceptors (Lipinski definition) is 4. The van der Waals surface area contributed by atoms with Crippen LogP contribution < -0.4 is 9.80 Å². The highest BCUT2D eigenvalue weighted by molar-refractivity contribution is 7.26. The van der Waals surface area contributed by atoms with Crippen LogP contribution in [0.15, 0.2) is 271 Å². The topological polar surface area (TPSA) is 19.6 Å². The number of fused-ring (bicyclic) bond motifs is 10. The predicted octanol–water partition coefficient (Wildman–Crippen LogP) is 20.2. The second-order valence-corrected chi connectivity index (χ2v) is 19.5. The second kappa shape index (κ2) is 17.3. The number of anilines is 6. The van der Waals surface area contributed by atoms with Gasteiger partial charge in [-0.3, -0.25) is 0 Å². The van der Waals surface area contributed by atoms with E-state index in [1.165, 1.54) is 53.2 Å². The first-order valence-electron chi connectivity index (χ1n) is 24.5. The lowest BCUT2D eigenvalue weighted by Gasteiger charge is -2.31. The van der Waals surface area contributed by atoms with Crippen molar-refractivity contribution in [3.63, 3.8) is 0 Å². The summed E-state index contributed by atoms with van der Waals surface area (Å²) in [5.41, 5.74) is 15.0. The lowest BCUT2D eigenvalue weighted by Crippen LogP contribution is -2.14. The minimum Gasteiger partial charge on any atom is -0.455 e. The van der Waals surface area contributed by atoms with Gasteiger partial charge in [-0.25, -0.2) is 0 Å². The molecule has 0 atom stereocenters. The van der Waals surface area contributed by atoms with Crippen LogP contribution in [0.2, 0.25) is 0 Å². The molecule has 0 aliphatic rings. The lowest BCUT2D eigenvalue weighted by atomic mass is 9.89. The molecular weight excluding hydrogens is 893 g/mol. The van der Waals surface area contributed by atoms with Crippen LogP contribution in [0.25, 0.3) is 97.0 Å². The summed E-state index contributed by atoms with van der Waals surface area (Å²) in [6.07, 6.45) is 0. The molecule has 12 aromatic carbocycles. The molecule has 0 fully saturated rings. The normalized spacial score (nSPS) is 11.6. The Morgan fingerprint density at radius 2 is 0.806 bits per heavy atom. The van der Waals surface area contributed by atoms with Gasteiger partial charge in [0.25, 0.3) is 0 Å². The van der Waals surface area contributed by atoms with E-state index in [0.29, 0.717) is 0 Å². The number of hydrogen-bond donors (Lipinski definition) is 0. The van der Waals surface area contributed by atoms with Crippen molar-refractivity contribution in [3.05, 3.63) is 267 Å². The maximum Gasteiger partial charge on any atom is 0.143 e. The number of para-hydroxylation sites is 3. The van der Waals surface area contributed by atoms with Gasteiger partial charge in [0.05, 0.1) is 5.69 Å². The third kappa shape index (κ3) is 7.03. The number of rotatable bonds is 9. The van der Waals surface area contributed by atoms with Crippen molar-refractivity contribution in [2.45, 2.75) is 0 Å². The van der Waals surface area contributed by atoms with Crippen LogP contribution in [0.3, 0.4) is 0 Å². The monoisotopic (exact) mass is 936 g/mol. The van der Waals surface area contributed by atoms with Gasteiger partial charge in [0.15, 0.2) is 0 Å². The molecule has 4 heteroatoms. The fraction of sp³-hybridized carbons (Fsp3) is 0. The standard InChI is InChI=1S/C68H44N2OS/c1-5-20-45(21-6-1)46-36-38-51(39-37-46)70(62-32-19-35-65-67(62)57-31-16-18-34-64(57)72-65)53-41-48(40-52(42-53)69(49-24-9-3-10-25-49)50-26-11-4-12-27-50)59-44-60-55-29-14-13-28-54(55)58(47-22-7-2-8-23-47)43-61(60)68-66(59)56-30-15-17-33-63(56)71-68/h1-44H. The Bertz CT molecular complexity index is 4280. The molecule has 338 valence electrons. The van der Waals surface area contributed by atoms with Crippen molar-refractivity contribution in [2.75, 3.05) is 9.80 Å². The maximum atomic E-state index is 7.11. The van der Waals surface area contributed by atoms with Crippen LogP contribution in [0.1, 0.15) is 0 Å². The minimum atomic E-state index is 0.860. The SMILES string of the molecule is c1ccc(-c2ccc(N(c3cc(-c4cc5c6ccccc6c(-c6ccccc6)cc5c5oc6ccccc6c45)cc(N(c4ccccc4)c4ccccc4)c3)c3cccc4sc5ccccc5c34)cc2)cc1. The van der Waals surface area contributed by atoms with E-state index < -0.39 is 0 Å². The average Bonchev–Trinajstić information content (AvgIpc) is 4.04. The van der Waals surface area contributed by atoms with Crippen LogP contribution in [0, 0.1) is 0 Å². The Balaban J connectivity index is 1.11. The number of furan rings is 1. The predicted molar refractivity (Wildman–Crippen MR) is 307 cm³/mol. The first-order chi connectivity index (χ1) is 35.7. The van der Waals surface area contributed by atoms with Gasteiger partial charge in [-0.05, 0) is 141 Å². The lowest BCUT2D eigenvalue weighted by molar-refractivity contribution is 0.673. The summed E-state index contributed by atoms with van der Waals surface area (Å²) < 4.78 is 9.62. The fourth-order valence-electron chi connectivity index (χ4n) is 11.0. The average molecular weight is 937 g/mol. The number of benzene rings is 12. The summed E-state index contributed by atoms with van der Waals surface area (Å²) in [4.78, 5) is 4.86. The summed E-state index contributed by atoms with van der Waals surface area (Å²) in [6.45, 7) is 0. The molecule has 0 radical (unpaired) electrons. The van der Waals surface area contributed by atoms with E-state index in [0.717, 1.165) is 78.0 Å². The summed E-state index contributed by atoms with van der Waals surface area (Å²) >= 11 is 1.85. The smallest absolute Gasteiger partial charge is 0.143 e. The number of thiophene rings is 1. The van der Waals surface area contributed by atoms with Crippen LogP contribution in [-0.2, 0) is 0 Å². The van der Waals surface area contributed by atoms with Gasteiger partial charge in [0, 0.05) is 64.8 Å². The van der Waals surface area contributed by atoms with E-state index in [4.69, 9.17) is 4.42 Å². The molecule has 3 nitrogen and oxygen atoms in total. The fourth-order valence-corrected chi connectivity index (χ4v) is 12.1. The molecule has 0 unspecified atom stereocenters. The first kappa shape index (κ1) is 41.7. The molecule has 0 aliphatic carbocycles. The highest BCUT2D eigenvalue weighted by atomic mass is 32.1. The van der Waals surface area contributed by atoms with Gasteiger partial charge in [-0.2, -0.15) is 0 Å². The van der Waals surface area contributed by atoms with Crippen molar-refractivity contribution in [1.82, 2.24) is 0 Å². The highest BCUT2D eigenvalue weighted by Gasteiger charge is 2.25. The van der Waals surface area contributed by atoms with E-state index in [-0.39, 0.29) is 0 Å². The summed E-state index contributed by atoms with van der Waals surface area (Å²) in [5.74, 6) is 0.